The lowest BCUT2D eigenvalue weighted by Crippen LogP contribution is -2.14. The highest BCUT2D eigenvalue weighted by atomic mass is 16.4. The van der Waals surface area contributed by atoms with Crippen LogP contribution in [-0.4, -0.2) is 10.1 Å². The van der Waals surface area contributed by atoms with Gasteiger partial charge in [-0.25, -0.2) is 4.79 Å². The molecular weight excluding hydrogens is 314 g/mol. The van der Waals surface area contributed by atoms with E-state index in [1.807, 2.05) is 30.5 Å². The highest BCUT2D eigenvalue weighted by Gasteiger charge is 2.25. The van der Waals surface area contributed by atoms with Gasteiger partial charge < -0.3 is 14.5 Å². The predicted molar refractivity (Wildman–Crippen MR) is 100 cm³/mol. The summed E-state index contributed by atoms with van der Waals surface area (Å²) < 4.78 is 5.28. The van der Waals surface area contributed by atoms with E-state index in [-0.39, 0.29) is 11.7 Å². The van der Waals surface area contributed by atoms with E-state index in [0.717, 1.165) is 42.1 Å². The molecule has 1 unspecified atom stereocenters. The fourth-order valence-corrected chi connectivity index (χ4v) is 3.54. The Morgan fingerprint density at radius 3 is 2.76 bits per heavy atom. The lowest BCUT2D eigenvalue weighted by molar-refractivity contribution is 0.413. The number of nitrogens with one attached hydrogen (secondary N) is 1. The molecule has 1 atom stereocenters. The van der Waals surface area contributed by atoms with Gasteiger partial charge in [0.25, 0.3) is 0 Å². The first-order valence-electron chi connectivity index (χ1n) is 9.01. The van der Waals surface area contributed by atoms with Crippen LogP contribution < -0.4 is 5.63 Å². The maximum absolute atomic E-state index is 12.5. The number of hydrogen-bond donors (Lipinski definition) is 2. The maximum Gasteiger partial charge on any atom is 0.343 e. The molecule has 0 saturated carbocycles. The first-order valence-corrected chi connectivity index (χ1v) is 9.01. The molecule has 2 aromatic heterocycles. The molecule has 0 aliphatic rings. The fourth-order valence-electron chi connectivity index (χ4n) is 3.54. The number of fused-ring (bicyclic) bond motifs is 1. The van der Waals surface area contributed by atoms with Crippen molar-refractivity contribution >= 4 is 10.9 Å². The molecule has 132 valence electrons. The fraction of sp³-hybridized carbons (Fsp3) is 0.381. The number of aromatic hydroxyl groups is 1. The van der Waals surface area contributed by atoms with Crippen molar-refractivity contribution in [2.75, 3.05) is 0 Å². The zero-order valence-corrected chi connectivity index (χ0v) is 14.8. The average Bonchev–Trinajstić information content (AvgIpc) is 3.00. The molecule has 3 rings (SSSR count). The Morgan fingerprint density at radius 2 is 2.00 bits per heavy atom. The molecule has 0 fully saturated rings. The van der Waals surface area contributed by atoms with Crippen molar-refractivity contribution in [3.8, 4) is 5.75 Å². The number of para-hydroxylation sites is 1. The van der Waals surface area contributed by atoms with Gasteiger partial charge in [-0.1, -0.05) is 50.8 Å². The van der Waals surface area contributed by atoms with Crippen molar-refractivity contribution in [2.45, 2.75) is 51.9 Å². The Hall–Kier alpha value is -2.49. The molecular formula is C21H25NO3. The standard InChI is InChI=1S/C21H25NO3/c1-3-4-5-6-10-16(20-19(23)12-14(2)25-21(20)24)17-13-22-18-11-8-7-9-15(17)18/h7-9,11-13,16,22-23H,3-6,10H2,1-2H3. The highest BCUT2D eigenvalue weighted by Crippen LogP contribution is 2.37. The molecule has 0 radical (unpaired) electrons. The second-order valence-electron chi connectivity index (χ2n) is 6.63. The SMILES string of the molecule is CCCCCCC(c1c(O)cc(C)oc1=O)c1c[nH]c2ccccc12. The van der Waals surface area contributed by atoms with Crippen LogP contribution in [0.25, 0.3) is 10.9 Å². The third-order valence-corrected chi connectivity index (χ3v) is 4.78. The third-order valence-electron chi connectivity index (χ3n) is 4.78. The Balaban J connectivity index is 2.06. The summed E-state index contributed by atoms with van der Waals surface area (Å²) in [4.78, 5) is 15.8. The van der Waals surface area contributed by atoms with E-state index in [9.17, 15) is 9.90 Å². The van der Waals surface area contributed by atoms with E-state index >= 15 is 0 Å². The molecule has 2 heterocycles. The first kappa shape index (κ1) is 17.3. The van der Waals surface area contributed by atoms with Crippen LogP contribution >= 0.6 is 0 Å². The summed E-state index contributed by atoms with van der Waals surface area (Å²) in [7, 11) is 0. The number of unbranched alkanes of at least 4 members (excludes halogenated alkanes) is 3. The van der Waals surface area contributed by atoms with Crippen molar-refractivity contribution in [2.24, 2.45) is 0 Å². The molecule has 0 aliphatic carbocycles. The van der Waals surface area contributed by atoms with Gasteiger partial charge in [-0.2, -0.15) is 0 Å². The van der Waals surface area contributed by atoms with Gasteiger partial charge in [0.1, 0.15) is 11.5 Å². The summed E-state index contributed by atoms with van der Waals surface area (Å²) in [5, 5.41) is 11.5. The molecule has 0 amide bonds. The predicted octanol–water partition coefficient (Wildman–Crippen LogP) is 5.24. The van der Waals surface area contributed by atoms with E-state index in [0.29, 0.717) is 11.3 Å². The summed E-state index contributed by atoms with van der Waals surface area (Å²) in [6.07, 6.45) is 7.22. The van der Waals surface area contributed by atoms with Crippen LogP contribution in [0.4, 0.5) is 0 Å². The quantitative estimate of drug-likeness (QED) is 0.579. The normalized spacial score (nSPS) is 12.6. The van der Waals surface area contributed by atoms with Crippen LogP contribution in [0.1, 0.15) is 61.8 Å². The highest BCUT2D eigenvalue weighted by molar-refractivity contribution is 5.84. The zero-order chi connectivity index (χ0) is 17.8. The van der Waals surface area contributed by atoms with Gasteiger partial charge in [-0.3, -0.25) is 0 Å². The minimum atomic E-state index is -0.441. The second kappa shape index (κ2) is 7.60. The maximum atomic E-state index is 12.5. The monoisotopic (exact) mass is 339 g/mol. The van der Waals surface area contributed by atoms with Crippen molar-refractivity contribution in [3.05, 3.63) is 63.8 Å². The van der Waals surface area contributed by atoms with Crippen LogP contribution in [0.2, 0.25) is 0 Å². The Kier molecular flexibility index (Phi) is 5.27. The number of aromatic amines is 1. The van der Waals surface area contributed by atoms with Crippen molar-refractivity contribution in [1.29, 1.82) is 0 Å². The molecule has 0 bridgehead atoms. The molecule has 4 nitrogen and oxygen atoms in total. The number of H-pyrrole nitrogens is 1. The van der Waals surface area contributed by atoms with Crippen LogP contribution in [0.15, 0.2) is 45.7 Å². The van der Waals surface area contributed by atoms with Gasteiger partial charge in [0.15, 0.2) is 0 Å². The van der Waals surface area contributed by atoms with Crippen molar-refractivity contribution < 1.29 is 9.52 Å². The molecule has 0 saturated heterocycles. The van der Waals surface area contributed by atoms with Gasteiger partial charge in [0.05, 0.1) is 5.56 Å². The molecule has 2 N–H and O–H groups in total. The topological polar surface area (TPSA) is 66.2 Å². The van der Waals surface area contributed by atoms with Gasteiger partial charge in [-0.05, 0) is 25.0 Å². The molecule has 25 heavy (non-hydrogen) atoms. The smallest absolute Gasteiger partial charge is 0.343 e. The molecule has 1 aromatic carbocycles. The molecule has 4 heteroatoms. The van der Waals surface area contributed by atoms with Crippen LogP contribution in [0.5, 0.6) is 5.75 Å². The van der Waals surface area contributed by atoms with E-state index in [2.05, 4.69) is 11.9 Å². The van der Waals surface area contributed by atoms with Crippen LogP contribution in [0.3, 0.4) is 0 Å². The number of aromatic nitrogens is 1. The number of rotatable bonds is 7. The Morgan fingerprint density at radius 1 is 1.20 bits per heavy atom. The summed E-state index contributed by atoms with van der Waals surface area (Å²) in [5.74, 6) is 0.277. The summed E-state index contributed by atoms with van der Waals surface area (Å²) in [6, 6.07) is 9.57. The lowest BCUT2D eigenvalue weighted by atomic mass is 9.86. The minimum absolute atomic E-state index is 0.0273. The zero-order valence-electron chi connectivity index (χ0n) is 14.8. The second-order valence-corrected chi connectivity index (χ2v) is 6.63. The lowest BCUT2D eigenvalue weighted by Gasteiger charge is -2.17. The van der Waals surface area contributed by atoms with E-state index < -0.39 is 5.63 Å². The number of benzene rings is 1. The van der Waals surface area contributed by atoms with Gasteiger partial charge in [0.2, 0.25) is 0 Å². The van der Waals surface area contributed by atoms with Gasteiger partial charge >= 0.3 is 5.63 Å². The number of aryl methyl sites for hydroxylation is 1. The summed E-state index contributed by atoms with van der Waals surface area (Å²) >= 11 is 0. The Labute approximate surface area is 147 Å². The third kappa shape index (κ3) is 3.63. The van der Waals surface area contributed by atoms with Gasteiger partial charge in [0, 0.05) is 29.1 Å². The van der Waals surface area contributed by atoms with E-state index in [1.54, 1.807) is 6.92 Å². The van der Waals surface area contributed by atoms with E-state index in [1.165, 1.54) is 12.5 Å². The van der Waals surface area contributed by atoms with Crippen molar-refractivity contribution in [3.63, 3.8) is 0 Å². The summed E-state index contributed by atoms with van der Waals surface area (Å²) in [5.41, 5.74) is 2.00. The summed E-state index contributed by atoms with van der Waals surface area (Å²) in [6.45, 7) is 3.85. The minimum Gasteiger partial charge on any atom is -0.507 e. The Bertz CT molecular complexity index is 907. The van der Waals surface area contributed by atoms with Gasteiger partial charge in [-0.15, -0.1) is 0 Å². The molecule has 0 spiro atoms. The average molecular weight is 339 g/mol. The number of hydrogen-bond acceptors (Lipinski definition) is 3. The van der Waals surface area contributed by atoms with Crippen LogP contribution in [-0.2, 0) is 0 Å². The van der Waals surface area contributed by atoms with Crippen molar-refractivity contribution in [1.82, 2.24) is 4.98 Å². The molecule has 0 aliphatic heterocycles. The van der Waals surface area contributed by atoms with Crippen LogP contribution in [0, 0.1) is 6.92 Å². The largest absolute Gasteiger partial charge is 0.507 e. The molecule has 3 aromatic rings. The van der Waals surface area contributed by atoms with E-state index in [4.69, 9.17) is 4.42 Å². The first-order chi connectivity index (χ1) is 12.1.